The summed E-state index contributed by atoms with van der Waals surface area (Å²) in [5, 5.41) is 11.7. The Morgan fingerprint density at radius 1 is 0.931 bits per heavy atom. The van der Waals surface area contributed by atoms with Crippen molar-refractivity contribution in [2.24, 2.45) is 0 Å². The van der Waals surface area contributed by atoms with Crippen molar-refractivity contribution in [3.63, 3.8) is 0 Å². The average Bonchev–Trinajstić information content (AvgIpc) is 3.11. The Balaban J connectivity index is 1.28. The molecule has 1 heterocycles. The highest BCUT2D eigenvalue weighted by Crippen LogP contribution is 2.27. The van der Waals surface area contributed by atoms with E-state index in [0.29, 0.717) is 19.6 Å². The summed E-state index contributed by atoms with van der Waals surface area (Å²) in [5.74, 6) is 0.877. The molecule has 1 saturated heterocycles. The minimum Gasteiger partial charge on any atom is -0.492 e. The van der Waals surface area contributed by atoms with Crippen molar-refractivity contribution >= 4 is 11.6 Å². The maximum atomic E-state index is 10.9. The van der Waals surface area contributed by atoms with Crippen LogP contribution in [0.3, 0.4) is 0 Å². The van der Waals surface area contributed by atoms with Crippen molar-refractivity contribution < 1.29 is 9.84 Å². The molecule has 3 nitrogen and oxygen atoms in total. The Bertz CT molecular complexity index is 929. The van der Waals surface area contributed by atoms with Crippen LogP contribution in [0, 0.1) is 0 Å². The van der Waals surface area contributed by atoms with Crippen LogP contribution in [0.4, 0.5) is 0 Å². The summed E-state index contributed by atoms with van der Waals surface area (Å²) in [7, 11) is 0. The Morgan fingerprint density at radius 3 is 2.48 bits per heavy atom. The summed E-state index contributed by atoms with van der Waals surface area (Å²) in [6, 6.07) is 26.3. The Labute approximate surface area is 177 Å². The van der Waals surface area contributed by atoms with Crippen molar-refractivity contribution in [1.29, 1.82) is 0 Å². The summed E-state index contributed by atoms with van der Waals surface area (Å²) >= 11 is 5.95. The van der Waals surface area contributed by atoms with Crippen LogP contribution >= 0.6 is 11.6 Å². The molecule has 29 heavy (non-hydrogen) atoms. The number of aliphatic hydroxyl groups is 1. The summed E-state index contributed by atoms with van der Waals surface area (Å²) in [6.45, 7) is 2.97. The molecule has 1 aliphatic heterocycles. The van der Waals surface area contributed by atoms with Crippen LogP contribution in [0.25, 0.3) is 11.1 Å². The molecule has 0 aliphatic carbocycles. The average molecular weight is 408 g/mol. The number of ether oxygens (including phenoxy) is 1. The van der Waals surface area contributed by atoms with Gasteiger partial charge in [0.15, 0.2) is 0 Å². The second-order valence-corrected chi connectivity index (χ2v) is 8.23. The van der Waals surface area contributed by atoms with Gasteiger partial charge in [0.2, 0.25) is 0 Å². The molecule has 1 atom stereocenters. The van der Waals surface area contributed by atoms with Gasteiger partial charge in [-0.25, -0.2) is 0 Å². The first-order valence-electron chi connectivity index (χ1n) is 10.1. The van der Waals surface area contributed by atoms with Gasteiger partial charge in [-0.2, -0.15) is 0 Å². The molecule has 0 radical (unpaired) electrons. The van der Waals surface area contributed by atoms with Crippen LogP contribution < -0.4 is 4.74 Å². The van der Waals surface area contributed by atoms with Gasteiger partial charge in [0.05, 0.1) is 5.60 Å². The topological polar surface area (TPSA) is 32.7 Å². The van der Waals surface area contributed by atoms with Gasteiger partial charge in [0.25, 0.3) is 0 Å². The predicted octanol–water partition coefficient (Wildman–Crippen LogP) is 5.07. The quantitative estimate of drug-likeness (QED) is 0.593. The summed E-state index contributed by atoms with van der Waals surface area (Å²) in [5.41, 5.74) is 2.78. The van der Waals surface area contributed by atoms with E-state index in [9.17, 15) is 5.11 Å². The van der Waals surface area contributed by atoms with Crippen LogP contribution in [0.2, 0.25) is 5.02 Å². The van der Waals surface area contributed by atoms with Crippen molar-refractivity contribution in [3.05, 3.63) is 89.4 Å². The lowest BCUT2D eigenvalue weighted by atomic mass is 9.94. The summed E-state index contributed by atoms with van der Waals surface area (Å²) in [4.78, 5) is 2.27. The minimum absolute atomic E-state index is 0.606. The van der Waals surface area contributed by atoms with Crippen LogP contribution in [0.5, 0.6) is 5.75 Å². The number of nitrogens with zero attached hydrogens (tertiary/aromatic N) is 1. The molecular formula is C25H26ClNO2. The highest BCUT2D eigenvalue weighted by molar-refractivity contribution is 6.30. The number of rotatable bonds is 7. The third-order valence-corrected chi connectivity index (χ3v) is 5.73. The molecule has 1 aliphatic rings. The van der Waals surface area contributed by atoms with E-state index in [1.807, 2.05) is 54.6 Å². The fourth-order valence-corrected chi connectivity index (χ4v) is 4.07. The molecule has 4 rings (SSSR count). The lowest BCUT2D eigenvalue weighted by Crippen LogP contribution is -2.36. The highest BCUT2D eigenvalue weighted by Gasteiger charge is 2.35. The van der Waals surface area contributed by atoms with Gasteiger partial charge < -0.3 is 9.84 Å². The zero-order valence-corrected chi connectivity index (χ0v) is 17.2. The van der Waals surface area contributed by atoms with Gasteiger partial charge in [0, 0.05) is 31.1 Å². The third kappa shape index (κ3) is 5.39. The van der Waals surface area contributed by atoms with E-state index in [1.54, 1.807) is 0 Å². The van der Waals surface area contributed by atoms with Gasteiger partial charge in [-0.15, -0.1) is 0 Å². The van der Waals surface area contributed by atoms with E-state index < -0.39 is 5.60 Å². The molecule has 1 fully saturated rings. The van der Waals surface area contributed by atoms with Gasteiger partial charge >= 0.3 is 0 Å². The molecular weight excluding hydrogens is 382 g/mol. The number of hydrogen-bond donors (Lipinski definition) is 1. The first kappa shape index (κ1) is 20.0. The normalized spacial score (nSPS) is 19.4. The number of likely N-dealkylation sites (tertiary alicyclic amines) is 1. The molecule has 150 valence electrons. The van der Waals surface area contributed by atoms with Gasteiger partial charge in [0.1, 0.15) is 12.4 Å². The zero-order valence-electron chi connectivity index (χ0n) is 16.4. The fourth-order valence-electron chi connectivity index (χ4n) is 3.95. The Hall–Kier alpha value is -2.33. The van der Waals surface area contributed by atoms with Crippen LogP contribution in [-0.2, 0) is 6.42 Å². The SMILES string of the molecule is OC1(Cc2ccc(Cl)cc2)CCN(CCOc2cccc(-c3ccccc3)c2)C1. The third-order valence-electron chi connectivity index (χ3n) is 5.48. The number of benzene rings is 3. The largest absolute Gasteiger partial charge is 0.492 e. The number of halogens is 1. The van der Waals surface area contributed by atoms with Gasteiger partial charge in [-0.05, 0) is 47.4 Å². The smallest absolute Gasteiger partial charge is 0.119 e. The zero-order chi connectivity index (χ0) is 20.1. The van der Waals surface area contributed by atoms with Crippen molar-refractivity contribution in [1.82, 2.24) is 4.90 Å². The van der Waals surface area contributed by atoms with E-state index in [4.69, 9.17) is 16.3 Å². The second-order valence-electron chi connectivity index (χ2n) is 7.80. The molecule has 0 spiro atoms. The van der Waals surface area contributed by atoms with Gasteiger partial charge in [-0.3, -0.25) is 4.90 Å². The van der Waals surface area contributed by atoms with Crippen molar-refractivity contribution in [2.45, 2.75) is 18.4 Å². The molecule has 3 aromatic carbocycles. The maximum absolute atomic E-state index is 10.9. The Kier molecular flexibility index (Phi) is 6.19. The minimum atomic E-state index is -0.680. The molecule has 3 aromatic rings. The highest BCUT2D eigenvalue weighted by atomic mass is 35.5. The van der Waals surface area contributed by atoms with E-state index in [0.717, 1.165) is 41.4 Å². The summed E-state index contributed by atoms with van der Waals surface area (Å²) in [6.07, 6.45) is 1.43. The molecule has 0 amide bonds. The van der Waals surface area contributed by atoms with Crippen LogP contribution in [0.1, 0.15) is 12.0 Å². The van der Waals surface area contributed by atoms with Crippen LogP contribution in [-0.4, -0.2) is 41.8 Å². The van der Waals surface area contributed by atoms with E-state index in [1.165, 1.54) is 5.56 Å². The fraction of sp³-hybridized carbons (Fsp3) is 0.280. The van der Waals surface area contributed by atoms with E-state index in [2.05, 4.69) is 29.2 Å². The first-order valence-corrected chi connectivity index (χ1v) is 10.4. The Morgan fingerprint density at radius 2 is 1.69 bits per heavy atom. The molecule has 0 bridgehead atoms. The first-order chi connectivity index (χ1) is 14.1. The monoisotopic (exact) mass is 407 g/mol. The van der Waals surface area contributed by atoms with E-state index >= 15 is 0 Å². The molecule has 4 heteroatoms. The molecule has 0 aromatic heterocycles. The van der Waals surface area contributed by atoms with Gasteiger partial charge in [-0.1, -0.05) is 66.2 Å². The lowest BCUT2D eigenvalue weighted by Gasteiger charge is -2.23. The molecule has 1 unspecified atom stereocenters. The molecule has 0 saturated carbocycles. The van der Waals surface area contributed by atoms with Crippen molar-refractivity contribution in [2.75, 3.05) is 26.2 Å². The molecule has 1 N–H and O–H groups in total. The number of hydrogen-bond acceptors (Lipinski definition) is 3. The predicted molar refractivity (Wildman–Crippen MR) is 119 cm³/mol. The number of β-amino-alcohol motifs (C(OH)–C–C–N with tert-alkyl or cyclic N) is 1. The van der Waals surface area contributed by atoms with Crippen LogP contribution in [0.15, 0.2) is 78.9 Å². The lowest BCUT2D eigenvalue weighted by molar-refractivity contribution is 0.0482. The summed E-state index contributed by atoms with van der Waals surface area (Å²) < 4.78 is 5.99. The maximum Gasteiger partial charge on any atom is 0.119 e. The van der Waals surface area contributed by atoms with Crippen molar-refractivity contribution in [3.8, 4) is 16.9 Å². The van der Waals surface area contributed by atoms with E-state index in [-0.39, 0.29) is 0 Å². The second kappa shape index (κ2) is 9.00. The standard InChI is InChI=1S/C25H26ClNO2/c26-23-11-9-20(10-12-23)18-25(28)13-14-27(19-25)15-16-29-24-8-4-7-22(17-24)21-5-2-1-3-6-21/h1-12,17,28H,13-16,18-19H2.